The summed E-state index contributed by atoms with van der Waals surface area (Å²) >= 11 is 0. The first-order valence-corrected chi connectivity index (χ1v) is 7.83. The van der Waals surface area contributed by atoms with Crippen molar-refractivity contribution in [3.8, 4) is 0 Å². The van der Waals surface area contributed by atoms with Crippen LogP contribution in [0.15, 0.2) is 0 Å². The smallest absolute Gasteiger partial charge is 0.0622 e. The first-order chi connectivity index (χ1) is 8.76. The molecule has 1 N–H and O–H groups in total. The zero-order valence-corrected chi connectivity index (χ0v) is 12.3. The minimum atomic E-state index is 0.672. The summed E-state index contributed by atoms with van der Waals surface area (Å²) in [7, 11) is 0. The molecule has 0 aromatic carbocycles. The summed E-state index contributed by atoms with van der Waals surface area (Å²) in [5.74, 6) is 0.778. The average Bonchev–Trinajstić information content (AvgIpc) is 2.92. The summed E-state index contributed by atoms with van der Waals surface area (Å²) in [5.41, 5.74) is 0. The molecule has 2 rings (SSSR count). The first-order valence-electron chi connectivity index (χ1n) is 7.83. The van der Waals surface area contributed by atoms with E-state index in [2.05, 4.69) is 31.0 Å². The van der Waals surface area contributed by atoms with Crippen LogP contribution in [0.2, 0.25) is 0 Å². The van der Waals surface area contributed by atoms with Crippen LogP contribution in [0, 0.1) is 5.92 Å². The fourth-order valence-electron chi connectivity index (χ4n) is 3.40. The zero-order valence-electron chi connectivity index (χ0n) is 12.3. The van der Waals surface area contributed by atoms with Crippen LogP contribution < -0.4 is 5.32 Å². The number of rotatable bonds is 5. The van der Waals surface area contributed by atoms with Gasteiger partial charge in [-0.2, -0.15) is 0 Å². The molecule has 2 heterocycles. The van der Waals surface area contributed by atoms with Gasteiger partial charge in [-0.25, -0.2) is 0 Å². The Morgan fingerprint density at radius 3 is 2.83 bits per heavy atom. The van der Waals surface area contributed by atoms with Gasteiger partial charge >= 0.3 is 0 Å². The molecular formula is C15H30N2O. The average molecular weight is 254 g/mol. The van der Waals surface area contributed by atoms with Crippen LogP contribution in [0.25, 0.3) is 0 Å². The highest BCUT2D eigenvalue weighted by Gasteiger charge is 2.36. The molecule has 0 saturated carbocycles. The van der Waals surface area contributed by atoms with Gasteiger partial charge in [0.25, 0.3) is 0 Å². The summed E-state index contributed by atoms with van der Waals surface area (Å²) in [6, 6.07) is 2.07. The SMILES string of the molecule is CCCC1CN(C2CCOC2)C(C(C)CC)CN1. The lowest BCUT2D eigenvalue weighted by Crippen LogP contribution is -2.61. The number of piperazine rings is 1. The van der Waals surface area contributed by atoms with Crippen molar-refractivity contribution in [3.63, 3.8) is 0 Å². The van der Waals surface area contributed by atoms with Gasteiger partial charge in [0, 0.05) is 37.8 Å². The van der Waals surface area contributed by atoms with Crippen molar-refractivity contribution in [3.05, 3.63) is 0 Å². The molecule has 2 aliphatic heterocycles. The lowest BCUT2D eigenvalue weighted by atomic mass is 9.92. The Morgan fingerprint density at radius 2 is 2.22 bits per heavy atom. The Labute approximate surface area is 112 Å². The van der Waals surface area contributed by atoms with E-state index >= 15 is 0 Å². The van der Waals surface area contributed by atoms with Crippen molar-refractivity contribution in [1.29, 1.82) is 0 Å². The Kier molecular flexibility index (Phi) is 5.46. The fraction of sp³-hybridized carbons (Fsp3) is 1.00. The van der Waals surface area contributed by atoms with Crippen molar-refractivity contribution in [1.82, 2.24) is 10.2 Å². The predicted octanol–water partition coefficient (Wildman–Crippen LogP) is 2.26. The van der Waals surface area contributed by atoms with Crippen molar-refractivity contribution in [2.24, 2.45) is 5.92 Å². The molecule has 0 bridgehead atoms. The third-order valence-electron chi connectivity index (χ3n) is 4.79. The maximum absolute atomic E-state index is 5.61. The molecule has 0 amide bonds. The molecule has 2 saturated heterocycles. The highest BCUT2D eigenvalue weighted by atomic mass is 16.5. The number of nitrogens with one attached hydrogen (secondary N) is 1. The normalized spacial score (nSPS) is 35.8. The minimum Gasteiger partial charge on any atom is -0.380 e. The van der Waals surface area contributed by atoms with Gasteiger partial charge in [-0.3, -0.25) is 4.90 Å². The quantitative estimate of drug-likeness (QED) is 0.814. The molecule has 0 aromatic rings. The molecule has 4 atom stereocenters. The summed E-state index contributed by atoms with van der Waals surface area (Å²) in [6.45, 7) is 11.3. The van der Waals surface area contributed by atoms with E-state index in [4.69, 9.17) is 4.74 Å². The third-order valence-corrected chi connectivity index (χ3v) is 4.79. The summed E-state index contributed by atoms with van der Waals surface area (Å²) in [6.07, 6.45) is 5.08. The zero-order chi connectivity index (χ0) is 13.0. The summed E-state index contributed by atoms with van der Waals surface area (Å²) in [5, 5.41) is 3.76. The molecule has 0 radical (unpaired) electrons. The largest absolute Gasteiger partial charge is 0.380 e. The van der Waals surface area contributed by atoms with Crippen molar-refractivity contribution >= 4 is 0 Å². The second-order valence-corrected chi connectivity index (χ2v) is 6.06. The van der Waals surface area contributed by atoms with E-state index in [9.17, 15) is 0 Å². The van der Waals surface area contributed by atoms with E-state index in [0.717, 1.165) is 25.7 Å². The van der Waals surface area contributed by atoms with E-state index in [1.165, 1.54) is 32.2 Å². The van der Waals surface area contributed by atoms with Crippen LogP contribution in [-0.4, -0.2) is 49.3 Å². The van der Waals surface area contributed by atoms with Crippen LogP contribution in [0.4, 0.5) is 0 Å². The van der Waals surface area contributed by atoms with E-state index < -0.39 is 0 Å². The molecule has 106 valence electrons. The first kappa shape index (κ1) is 14.3. The van der Waals surface area contributed by atoms with Gasteiger partial charge in [0.05, 0.1) is 6.61 Å². The molecule has 3 heteroatoms. The van der Waals surface area contributed by atoms with Gasteiger partial charge < -0.3 is 10.1 Å². The molecule has 0 aliphatic carbocycles. The summed E-state index contributed by atoms with van der Waals surface area (Å²) < 4.78 is 5.61. The highest BCUT2D eigenvalue weighted by Crippen LogP contribution is 2.25. The molecule has 2 fully saturated rings. The van der Waals surface area contributed by atoms with Crippen molar-refractivity contribution in [2.75, 3.05) is 26.3 Å². The molecule has 4 unspecified atom stereocenters. The Hall–Kier alpha value is -0.120. The van der Waals surface area contributed by atoms with E-state index in [-0.39, 0.29) is 0 Å². The van der Waals surface area contributed by atoms with E-state index in [1.54, 1.807) is 0 Å². The minimum absolute atomic E-state index is 0.672. The van der Waals surface area contributed by atoms with Crippen molar-refractivity contribution in [2.45, 2.75) is 64.6 Å². The number of ether oxygens (including phenoxy) is 1. The topological polar surface area (TPSA) is 24.5 Å². The Bertz CT molecular complexity index is 241. The van der Waals surface area contributed by atoms with Gasteiger partial charge in [-0.05, 0) is 18.8 Å². The van der Waals surface area contributed by atoms with E-state index in [1.807, 2.05) is 0 Å². The van der Waals surface area contributed by atoms with Crippen LogP contribution >= 0.6 is 0 Å². The van der Waals surface area contributed by atoms with Gasteiger partial charge in [0.2, 0.25) is 0 Å². The van der Waals surface area contributed by atoms with Crippen LogP contribution in [0.1, 0.15) is 46.5 Å². The lowest BCUT2D eigenvalue weighted by Gasteiger charge is -2.45. The van der Waals surface area contributed by atoms with Gasteiger partial charge in [-0.1, -0.05) is 33.6 Å². The van der Waals surface area contributed by atoms with Gasteiger partial charge in [0.15, 0.2) is 0 Å². The lowest BCUT2D eigenvalue weighted by molar-refractivity contribution is 0.0415. The van der Waals surface area contributed by atoms with Crippen LogP contribution in [0.3, 0.4) is 0 Å². The molecule has 3 nitrogen and oxygen atoms in total. The monoisotopic (exact) mass is 254 g/mol. The summed E-state index contributed by atoms with van der Waals surface area (Å²) in [4.78, 5) is 2.76. The third kappa shape index (κ3) is 3.25. The maximum atomic E-state index is 5.61. The van der Waals surface area contributed by atoms with E-state index in [0.29, 0.717) is 18.1 Å². The number of nitrogens with zero attached hydrogens (tertiary/aromatic N) is 1. The van der Waals surface area contributed by atoms with Crippen LogP contribution in [-0.2, 0) is 4.74 Å². The molecule has 0 spiro atoms. The van der Waals surface area contributed by atoms with Gasteiger partial charge in [0.1, 0.15) is 0 Å². The van der Waals surface area contributed by atoms with Gasteiger partial charge in [-0.15, -0.1) is 0 Å². The second kappa shape index (κ2) is 6.88. The number of hydrogen-bond donors (Lipinski definition) is 1. The highest BCUT2D eigenvalue weighted by molar-refractivity contribution is 4.92. The standard InChI is InChI=1S/C15H30N2O/c1-4-6-13-10-17(14-7-8-18-11-14)15(9-16-13)12(3)5-2/h12-16H,4-11H2,1-3H3. The molecular weight excluding hydrogens is 224 g/mol. The maximum Gasteiger partial charge on any atom is 0.0622 e. The molecule has 2 aliphatic rings. The van der Waals surface area contributed by atoms with Crippen molar-refractivity contribution < 1.29 is 4.74 Å². The molecule has 0 aromatic heterocycles. The predicted molar refractivity (Wildman–Crippen MR) is 75.9 cm³/mol. The number of hydrogen-bond acceptors (Lipinski definition) is 3. The van der Waals surface area contributed by atoms with Crippen LogP contribution in [0.5, 0.6) is 0 Å². The Morgan fingerprint density at radius 1 is 1.39 bits per heavy atom. The molecule has 18 heavy (non-hydrogen) atoms. The second-order valence-electron chi connectivity index (χ2n) is 6.06. The Balaban J connectivity index is 2.00. The fourth-order valence-corrected chi connectivity index (χ4v) is 3.40.